The van der Waals surface area contributed by atoms with E-state index < -0.39 is 0 Å². The van der Waals surface area contributed by atoms with E-state index in [2.05, 4.69) is 10.6 Å². The first kappa shape index (κ1) is 20.1. The van der Waals surface area contributed by atoms with E-state index in [0.717, 1.165) is 19.3 Å². The van der Waals surface area contributed by atoms with Crippen molar-refractivity contribution in [3.63, 3.8) is 0 Å². The normalized spacial score (nSPS) is 9.55. The lowest BCUT2D eigenvalue weighted by Gasteiger charge is -2.10. The van der Waals surface area contributed by atoms with Gasteiger partial charge in [-0.1, -0.05) is 6.42 Å². The van der Waals surface area contributed by atoms with E-state index in [1.54, 1.807) is 25.3 Å². The molecule has 0 saturated carbocycles. The van der Waals surface area contributed by atoms with Crippen LogP contribution in [-0.2, 0) is 9.59 Å². The number of rotatable bonds is 8. The molecule has 0 aliphatic heterocycles. The van der Waals surface area contributed by atoms with Crippen molar-refractivity contribution in [2.75, 3.05) is 24.7 Å². The predicted octanol–water partition coefficient (Wildman–Crippen LogP) is 2.33. The summed E-state index contributed by atoms with van der Waals surface area (Å²) in [7, 11) is 1.56. The van der Waals surface area contributed by atoms with Gasteiger partial charge in [0.2, 0.25) is 11.8 Å². The van der Waals surface area contributed by atoms with Gasteiger partial charge in [0.05, 0.1) is 18.5 Å². The van der Waals surface area contributed by atoms with Crippen molar-refractivity contribution >= 4 is 35.6 Å². The van der Waals surface area contributed by atoms with Crippen LogP contribution in [0.1, 0.15) is 32.6 Å². The van der Waals surface area contributed by atoms with Crippen LogP contribution in [-0.4, -0.2) is 25.5 Å². The number of ether oxygens (including phenoxy) is 1. The maximum Gasteiger partial charge on any atom is 0.224 e. The molecule has 2 amide bonds. The third-order valence-corrected chi connectivity index (χ3v) is 2.99. The molecule has 6 nitrogen and oxygen atoms in total. The molecule has 0 spiro atoms. The highest BCUT2D eigenvalue weighted by atomic mass is 35.5. The largest absolute Gasteiger partial charge is 0.497 e. The van der Waals surface area contributed by atoms with Gasteiger partial charge in [-0.15, -0.1) is 12.4 Å². The van der Waals surface area contributed by atoms with Gasteiger partial charge in [0.15, 0.2) is 0 Å². The molecule has 0 saturated heterocycles. The first-order valence-corrected chi connectivity index (χ1v) is 7.00. The fourth-order valence-corrected chi connectivity index (χ4v) is 1.84. The van der Waals surface area contributed by atoms with E-state index in [-0.39, 0.29) is 24.2 Å². The zero-order valence-corrected chi connectivity index (χ0v) is 13.8. The smallest absolute Gasteiger partial charge is 0.224 e. The lowest BCUT2D eigenvalue weighted by molar-refractivity contribution is -0.119. The summed E-state index contributed by atoms with van der Waals surface area (Å²) in [6.07, 6.45) is 2.96. The minimum absolute atomic E-state index is 0. The second kappa shape index (κ2) is 10.7. The van der Waals surface area contributed by atoms with Gasteiger partial charge in [0, 0.05) is 26.0 Å². The minimum atomic E-state index is -0.0746. The first-order chi connectivity index (χ1) is 10.0. The number of nitrogens with one attached hydrogen (secondary N) is 2. The highest BCUT2D eigenvalue weighted by molar-refractivity contribution is 5.94. The number of carbonyl (C=O) groups is 2. The Balaban J connectivity index is 0.00000441. The molecule has 0 unspecified atom stereocenters. The molecule has 1 aromatic rings. The Bertz CT molecular complexity index is 495. The summed E-state index contributed by atoms with van der Waals surface area (Å²) in [6.45, 7) is 2.14. The van der Waals surface area contributed by atoms with E-state index in [4.69, 9.17) is 10.5 Å². The fourth-order valence-electron chi connectivity index (χ4n) is 1.84. The number of unbranched alkanes of at least 4 members (excludes halogenated alkanes) is 2. The van der Waals surface area contributed by atoms with Gasteiger partial charge in [-0.05, 0) is 25.0 Å². The summed E-state index contributed by atoms with van der Waals surface area (Å²) in [4.78, 5) is 22.5. The van der Waals surface area contributed by atoms with E-state index in [1.807, 2.05) is 0 Å². The molecule has 0 aliphatic rings. The van der Waals surface area contributed by atoms with Crippen LogP contribution in [0.3, 0.4) is 0 Å². The number of halogens is 1. The quantitative estimate of drug-likeness (QED) is 0.504. The maximum absolute atomic E-state index is 11.8. The molecule has 0 aromatic heterocycles. The number of nitrogen functional groups attached to an aromatic ring is 1. The molecule has 0 heterocycles. The van der Waals surface area contributed by atoms with Crippen LogP contribution < -0.4 is 21.1 Å². The van der Waals surface area contributed by atoms with Crippen LogP contribution in [0, 0.1) is 0 Å². The van der Waals surface area contributed by atoms with Crippen LogP contribution in [0.15, 0.2) is 18.2 Å². The van der Waals surface area contributed by atoms with Gasteiger partial charge >= 0.3 is 0 Å². The third kappa shape index (κ3) is 7.73. The Kier molecular flexibility index (Phi) is 9.78. The second-order valence-corrected chi connectivity index (χ2v) is 4.79. The average Bonchev–Trinajstić information content (AvgIpc) is 2.44. The monoisotopic (exact) mass is 329 g/mol. The van der Waals surface area contributed by atoms with Crippen molar-refractivity contribution in [1.82, 2.24) is 5.32 Å². The zero-order chi connectivity index (χ0) is 15.7. The molecule has 0 bridgehead atoms. The van der Waals surface area contributed by atoms with E-state index in [9.17, 15) is 9.59 Å². The summed E-state index contributed by atoms with van der Waals surface area (Å²) >= 11 is 0. The van der Waals surface area contributed by atoms with Crippen LogP contribution in [0.5, 0.6) is 5.75 Å². The fraction of sp³-hybridized carbons (Fsp3) is 0.467. The van der Waals surface area contributed by atoms with Gasteiger partial charge in [0.25, 0.3) is 0 Å². The molecule has 22 heavy (non-hydrogen) atoms. The molecule has 0 radical (unpaired) electrons. The topological polar surface area (TPSA) is 93.4 Å². The van der Waals surface area contributed by atoms with Gasteiger partial charge in [0.1, 0.15) is 5.75 Å². The van der Waals surface area contributed by atoms with Crippen molar-refractivity contribution in [2.24, 2.45) is 0 Å². The standard InChI is InChI=1S/C15H23N3O3.ClH/c1-11(19)17-9-5-3-4-6-15(20)18-14-10-12(21-2)7-8-13(14)16;/h7-8,10H,3-6,9,16H2,1-2H3,(H,17,19)(H,18,20);1H. The van der Waals surface area contributed by atoms with Gasteiger partial charge in [-0.3, -0.25) is 9.59 Å². The first-order valence-electron chi connectivity index (χ1n) is 7.00. The molecule has 0 atom stereocenters. The Morgan fingerprint density at radius 1 is 1.23 bits per heavy atom. The van der Waals surface area contributed by atoms with Gasteiger partial charge < -0.3 is 21.1 Å². The molecular formula is C15H24ClN3O3. The predicted molar refractivity (Wildman–Crippen MR) is 90.4 cm³/mol. The molecule has 0 aliphatic carbocycles. The van der Waals surface area contributed by atoms with Crippen molar-refractivity contribution in [3.05, 3.63) is 18.2 Å². The Hall–Kier alpha value is -1.95. The summed E-state index contributed by atoms with van der Waals surface area (Å²) in [5.74, 6) is 0.547. The van der Waals surface area contributed by atoms with Gasteiger partial charge in [-0.2, -0.15) is 0 Å². The van der Waals surface area contributed by atoms with E-state index >= 15 is 0 Å². The van der Waals surface area contributed by atoms with Crippen LogP contribution >= 0.6 is 12.4 Å². The number of benzene rings is 1. The second-order valence-electron chi connectivity index (χ2n) is 4.79. The SMILES string of the molecule is COc1ccc(N)c(NC(=O)CCCCCNC(C)=O)c1.Cl. The Labute approximate surface area is 137 Å². The highest BCUT2D eigenvalue weighted by Crippen LogP contribution is 2.24. The number of methoxy groups -OCH3 is 1. The van der Waals surface area contributed by atoms with Crippen LogP contribution in [0.25, 0.3) is 0 Å². The molecule has 1 rings (SSSR count). The van der Waals surface area contributed by atoms with E-state index in [1.165, 1.54) is 6.92 Å². The number of carbonyl (C=O) groups excluding carboxylic acids is 2. The average molecular weight is 330 g/mol. The molecule has 4 N–H and O–H groups in total. The third-order valence-electron chi connectivity index (χ3n) is 2.99. The lowest BCUT2D eigenvalue weighted by atomic mass is 10.1. The Morgan fingerprint density at radius 2 is 1.95 bits per heavy atom. The van der Waals surface area contributed by atoms with Crippen LogP contribution in [0.2, 0.25) is 0 Å². The summed E-state index contributed by atoms with van der Waals surface area (Å²) in [5.41, 5.74) is 6.88. The van der Waals surface area contributed by atoms with E-state index in [0.29, 0.717) is 30.1 Å². The summed E-state index contributed by atoms with van der Waals surface area (Å²) in [5, 5.41) is 5.50. The maximum atomic E-state index is 11.8. The molecular weight excluding hydrogens is 306 g/mol. The summed E-state index contributed by atoms with van der Waals surface area (Å²) < 4.78 is 5.09. The highest BCUT2D eigenvalue weighted by Gasteiger charge is 2.06. The molecule has 7 heteroatoms. The van der Waals surface area contributed by atoms with Crippen molar-refractivity contribution < 1.29 is 14.3 Å². The van der Waals surface area contributed by atoms with Crippen LogP contribution in [0.4, 0.5) is 11.4 Å². The van der Waals surface area contributed by atoms with Gasteiger partial charge in [-0.25, -0.2) is 0 Å². The number of anilines is 2. The number of hydrogen-bond acceptors (Lipinski definition) is 4. The number of nitrogens with two attached hydrogens (primary N) is 1. The zero-order valence-electron chi connectivity index (χ0n) is 13.0. The Morgan fingerprint density at radius 3 is 2.59 bits per heavy atom. The molecule has 124 valence electrons. The number of hydrogen-bond donors (Lipinski definition) is 3. The lowest BCUT2D eigenvalue weighted by Crippen LogP contribution is -2.20. The number of amides is 2. The molecule has 1 aromatic carbocycles. The minimum Gasteiger partial charge on any atom is -0.497 e. The van der Waals surface area contributed by atoms with Crippen molar-refractivity contribution in [1.29, 1.82) is 0 Å². The summed E-state index contributed by atoms with van der Waals surface area (Å²) in [6, 6.07) is 5.14. The van der Waals surface area contributed by atoms with Crippen molar-refractivity contribution in [3.8, 4) is 5.75 Å². The molecule has 0 fully saturated rings. The van der Waals surface area contributed by atoms with Crippen molar-refractivity contribution in [2.45, 2.75) is 32.6 Å².